The summed E-state index contributed by atoms with van der Waals surface area (Å²) in [6.45, 7) is 0.404. The first-order valence-corrected chi connectivity index (χ1v) is 6.71. The van der Waals surface area contributed by atoms with Crippen LogP contribution >= 0.6 is 11.6 Å². The first-order valence-electron chi connectivity index (χ1n) is 6.33. The molecule has 5 heteroatoms. The van der Waals surface area contributed by atoms with Crippen molar-refractivity contribution in [3.8, 4) is 5.75 Å². The van der Waals surface area contributed by atoms with E-state index in [0.717, 1.165) is 41.0 Å². The van der Waals surface area contributed by atoms with Gasteiger partial charge in [0.25, 0.3) is 0 Å². The van der Waals surface area contributed by atoms with E-state index in [1.165, 1.54) is 0 Å². The van der Waals surface area contributed by atoms with Gasteiger partial charge >= 0.3 is 0 Å². The summed E-state index contributed by atoms with van der Waals surface area (Å²) in [6, 6.07) is 7.64. The lowest BCUT2D eigenvalue weighted by atomic mass is 10.1. The van der Waals surface area contributed by atoms with Crippen LogP contribution in [0.25, 0.3) is 0 Å². The van der Waals surface area contributed by atoms with Crippen LogP contribution in [0.4, 0.5) is 0 Å². The zero-order valence-electron chi connectivity index (χ0n) is 10.7. The van der Waals surface area contributed by atoms with Crippen LogP contribution in [0.1, 0.15) is 23.1 Å². The van der Waals surface area contributed by atoms with Crippen LogP contribution in [0, 0.1) is 0 Å². The molecule has 1 aliphatic carbocycles. The Labute approximate surface area is 121 Å². The number of halogens is 1. The first kappa shape index (κ1) is 12.9. The predicted molar refractivity (Wildman–Crippen MR) is 76.7 cm³/mol. The Morgan fingerprint density at radius 1 is 1.30 bits per heavy atom. The van der Waals surface area contributed by atoms with E-state index < -0.39 is 0 Å². The SMILES string of the molecule is O/N=C1/CCc2cc(OCc3ccncc3Cl)ccc21. The quantitative estimate of drug-likeness (QED) is 0.695. The van der Waals surface area contributed by atoms with Gasteiger partial charge < -0.3 is 9.94 Å². The standard InChI is InChI=1S/C15H13ClN2O2/c16-14-8-17-6-5-11(14)9-20-12-2-3-13-10(7-12)1-4-15(13)18-19/h2-3,5-8,19H,1,4,9H2/b18-15-. The van der Waals surface area contributed by atoms with E-state index >= 15 is 0 Å². The first-order chi connectivity index (χ1) is 9.78. The smallest absolute Gasteiger partial charge is 0.120 e. The number of aromatic nitrogens is 1. The molecule has 4 nitrogen and oxygen atoms in total. The third-order valence-electron chi connectivity index (χ3n) is 3.39. The highest BCUT2D eigenvalue weighted by atomic mass is 35.5. The Morgan fingerprint density at radius 3 is 3.00 bits per heavy atom. The summed E-state index contributed by atoms with van der Waals surface area (Å²) in [6.07, 6.45) is 4.94. The lowest BCUT2D eigenvalue weighted by Gasteiger charge is -2.09. The van der Waals surface area contributed by atoms with Crippen LogP contribution in [0.15, 0.2) is 41.8 Å². The van der Waals surface area contributed by atoms with Crippen molar-refractivity contribution in [3.63, 3.8) is 0 Å². The molecular formula is C15H13ClN2O2. The Balaban J connectivity index is 1.75. The van der Waals surface area contributed by atoms with Crippen LogP contribution in [-0.2, 0) is 13.0 Å². The van der Waals surface area contributed by atoms with Gasteiger partial charge in [0.05, 0.1) is 10.7 Å². The highest BCUT2D eigenvalue weighted by Gasteiger charge is 2.18. The fourth-order valence-corrected chi connectivity index (χ4v) is 2.50. The van der Waals surface area contributed by atoms with E-state index in [0.29, 0.717) is 11.6 Å². The van der Waals surface area contributed by atoms with Gasteiger partial charge in [0, 0.05) is 23.5 Å². The number of fused-ring (bicyclic) bond motifs is 1. The molecule has 0 saturated carbocycles. The molecule has 0 radical (unpaired) electrons. The maximum Gasteiger partial charge on any atom is 0.120 e. The number of oxime groups is 1. The average molecular weight is 289 g/mol. The van der Waals surface area contributed by atoms with E-state index in [1.807, 2.05) is 24.3 Å². The van der Waals surface area contributed by atoms with Crippen LogP contribution in [-0.4, -0.2) is 15.9 Å². The van der Waals surface area contributed by atoms with Crippen LogP contribution < -0.4 is 4.74 Å². The monoisotopic (exact) mass is 288 g/mol. The van der Waals surface area contributed by atoms with Crippen LogP contribution in [0.3, 0.4) is 0 Å². The van der Waals surface area contributed by atoms with Crippen LogP contribution in [0.2, 0.25) is 5.02 Å². The zero-order chi connectivity index (χ0) is 13.9. The molecule has 0 amide bonds. The number of hydrogen-bond donors (Lipinski definition) is 1. The number of rotatable bonds is 3. The third kappa shape index (κ3) is 2.47. The van der Waals surface area contributed by atoms with E-state index in [1.54, 1.807) is 12.4 Å². The molecule has 1 aromatic heterocycles. The minimum Gasteiger partial charge on any atom is -0.489 e. The molecule has 2 aromatic rings. The van der Waals surface area contributed by atoms with Gasteiger partial charge in [-0.15, -0.1) is 0 Å². The Morgan fingerprint density at radius 2 is 2.20 bits per heavy atom. The Hall–Kier alpha value is -2.07. The van der Waals surface area contributed by atoms with Gasteiger partial charge in [-0.05, 0) is 42.7 Å². The summed E-state index contributed by atoms with van der Waals surface area (Å²) < 4.78 is 5.75. The van der Waals surface area contributed by atoms with Crippen molar-refractivity contribution in [3.05, 3.63) is 58.4 Å². The molecule has 1 heterocycles. The summed E-state index contributed by atoms with van der Waals surface area (Å²) >= 11 is 6.04. The molecule has 1 aliphatic rings. The summed E-state index contributed by atoms with van der Waals surface area (Å²) in [5.41, 5.74) is 3.79. The van der Waals surface area contributed by atoms with Crippen molar-refractivity contribution in [2.75, 3.05) is 0 Å². The normalized spacial score (nSPS) is 15.3. The molecule has 0 bridgehead atoms. The summed E-state index contributed by atoms with van der Waals surface area (Å²) in [5, 5.41) is 12.8. The minimum atomic E-state index is 0.404. The van der Waals surface area contributed by atoms with E-state index in [9.17, 15) is 0 Å². The van der Waals surface area contributed by atoms with Gasteiger partial charge in [-0.2, -0.15) is 0 Å². The van der Waals surface area contributed by atoms with Gasteiger partial charge in [-0.1, -0.05) is 16.8 Å². The van der Waals surface area contributed by atoms with Gasteiger partial charge in [0.1, 0.15) is 12.4 Å². The molecule has 102 valence electrons. The van der Waals surface area contributed by atoms with Gasteiger partial charge in [0.15, 0.2) is 0 Å². The van der Waals surface area contributed by atoms with Crippen molar-refractivity contribution in [2.45, 2.75) is 19.4 Å². The zero-order valence-corrected chi connectivity index (χ0v) is 11.5. The number of nitrogens with zero attached hydrogens (tertiary/aromatic N) is 2. The minimum absolute atomic E-state index is 0.404. The number of ether oxygens (including phenoxy) is 1. The lowest BCUT2D eigenvalue weighted by molar-refractivity contribution is 0.306. The highest BCUT2D eigenvalue weighted by Crippen LogP contribution is 2.27. The Kier molecular flexibility index (Phi) is 3.56. The van der Waals surface area contributed by atoms with Crippen molar-refractivity contribution < 1.29 is 9.94 Å². The second kappa shape index (κ2) is 5.51. The van der Waals surface area contributed by atoms with Gasteiger partial charge in [0.2, 0.25) is 0 Å². The van der Waals surface area contributed by atoms with E-state index in [-0.39, 0.29) is 0 Å². The molecule has 0 saturated heterocycles. The maximum atomic E-state index is 8.90. The fraction of sp³-hybridized carbons (Fsp3) is 0.200. The molecule has 0 fully saturated rings. The van der Waals surface area contributed by atoms with Crippen LogP contribution in [0.5, 0.6) is 5.75 Å². The summed E-state index contributed by atoms with van der Waals surface area (Å²) in [5.74, 6) is 0.788. The number of aryl methyl sites for hydroxylation is 1. The maximum absolute atomic E-state index is 8.90. The van der Waals surface area contributed by atoms with Crippen molar-refractivity contribution in [1.29, 1.82) is 0 Å². The molecule has 0 atom stereocenters. The number of hydrogen-bond acceptors (Lipinski definition) is 4. The highest BCUT2D eigenvalue weighted by molar-refractivity contribution is 6.31. The third-order valence-corrected chi connectivity index (χ3v) is 3.73. The molecule has 1 N–H and O–H groups in total. The number of benzene rings is 1. The van der Waals surface area contributed by atoms with Gasteiger partial charge in [-0.3, -0.25) is 4.98 Å². The predicted octanol–water partition coefficient (Wildman–Crippen LogP) is 3.44. The number of pyridine rings is 1. The van der Waals surface area contributed by atoms with Gasteiger partial charge in [-0.25, -0.2) is 0 Å². The lowest BCUT2D eigenvalue weighted by Crippen LogP contribution is -1.98. The van der Waals surface area contributed by atoms with E-state index in [4.69, 9.17) is 21.5 Å². The summed E-state index contributed by atoms with van der Waals surface area (Å²) in [7, 11) is 0. The molecule has 0 aliphatic heterocycles. The molecule has 1 aromatic carbocycles. The van der Waals surface area contributed by atoms with Crippen molar-refractivity contribution in [2.24, 2.45) is 5.16 Å². The molecule has 0 spiro atoms. The topological polar surface area (TPSA) is 54.7 Å². The summed E-state index contributed by atoms with van der Waals surface area (Å²) in [4.78, 5) is 3.94. The van der Waals surface area contributed by atoms with Crippen molar-refractivity contribution in [1.82, 2.24) is 4.98 Å². The fourth-order valence-electron chi connectivity index (χ4n) is 2.32. The Bertz CT molecular complexity index is 671. The average Bonchev–Trinajstić information content (AvgIpc) is 2.88. The molecule has 20 heavy (non-hydrogen) atoms. The van der Waals surface area contributed by atoms with Crippen molar-refractivity contribution >= 4 is 17.3 Å². The largest absolute Gasteiger partial charge is 0.489 e. The second-order valence-corrected chi connectivity index (χ2v) is 5.03. The van der Waals surface area contributed by atoms with E-state index in [2.05, 4.69) is 10.1 Å². The molecule has 3 rings (SSSR count). The molecular weight excluding hydrogens is 276 g/mol. The second-order valence-electron chi connectivity index (χ2n) is 4.62. The molecule has 0 unspecified atom stereocenters.